The predicted octanol–water partition coefficient (Wildman–Crippen LogP) is 3.96. The van der Waals surface area contributed by atoms with E-state index in [1.54, 1.807) is 0 Å². The Bertz CT molecular complexity index is 1090. The minimum Gasteiger partial charge on any atom is -0.343 e. The lowest BCUT2D eigenvalue weighted by Gasteiger charge is -2.54. The lowest BCUT2D eigenvalue weighted by atomic mass is 9.51. The summed E-state index contributed by atoms with van der Waals surface area (Å²) in [6.45, 7) is 1.56. The Morgan fingerprint density at radius 2 is 1.60 bits per heavy atom. The molecule has 0 radical (unpaired) electrons. The summed E-state index contributed by atoms with van der Waals surface area (Å²) >= 11 is 0. The zero-order valence-electron chi connectivity index (χ0n) is 20.7. The van der Waals surface area contributed by atoms with Crippen LogP contribution in [0.1, 0.15) is 81.3 Å². The standard InChI is InChI=1S/C28H38N2O4S/c1-35(33,34)29-26(31)15-22-17-28(25-5-3-2-4-23(22)25)6-8-30(9-7-28)27(32)16-24-20-11-18-10-19(13-20)14-21(24)12-18/h2-5,18-22,24H,6-17H2,1H3,(H,29,31). The van der Waals surface area contributed by atoms with Crippen LogP contribution in [0.15, 0.2) is 24.3 Å². The molecule has 1 unspecified atom stereocenters. The van der Waals surface area contributed by atoms with Gasteiger partial charge in [0, 0.05) is 25.9 Å². The van der Waals surface area contributed by atoms with Gasteiger partial charge in [-0.3, -0.25) is 14.3 Å². The van der Waals surface area contributed by atoms with Crippen molar-refractivity contribution in [3.8, 4) is 0 Å². The Morgan fingerprint density at radius 3 is 2.23 bits per heavy atom. The predicted molar refractivity (Wildman–Crippen MR) is 134 cm³/mol. The summed E-state index contributed by atoms with van der Waals surface area (Å²) in [5.74, 6) is 3.99. The first-order valence-corrected chi connectivity index (χ1v) is 15.5. The zero-order chi connectivity index (χ0) is 24.4. The van der Waals surface area contributed by atoms with E-state index in [9.17, 15) is 18.0 Å². The molecule has 6 aliphatic rings. The number of fused-ring (bicyclic) bond motifs is 2. The van der Waals surface area contributed by atoms with Crippen molar-refractivity contribution in [2.45, 2.75) is 75.5 Å². The first-order chi connectivity index (χ1) is 16.7. The Morgan fingerprint density at radius 1 is 0.971 bits per heavy atom. The van der Waals surface area contributed by atoms with Crippen LogP contribution in [-0.2, 0) is 25.0 Å². The van der Waals surface area contributed by atoms with Crippen molar-refractivity contribution in [3.05, 3.63) is 35.4 Å². The number of nitrogens with zero attached hydrogens (tertiary/aromatic N) is 1. The summed E-state index contributed by atoms with van der Waals surface area (Å²) in [5, 5.41) is 0. The molecule has 1 aliphatic heterocycles. The Kier molecular flexibility index (Phi) is 5.78. The summed E-state index contributed by atoms with van der Waals surface area (Å²) in [7, 11) is -3.56. The molecule has 1 atom stereocenters. The van der Waals surface area contributed by atoms with E-state index in [0.29, 0.717) is 11.8 Å². The topological polar surface area (TPSA) is 83.6 Å². The molecule has 5 aliphatic carbocycles. The van der Waals surface area contributed by atoms with Crippen molar-refractivity contribution in [1.82, 2.24) is 9.62 Å². The molecule has 1 aromatic carbocycles. The highest BCUT2D eigenvalue weighted by Gasteiger charge is 2.50. The lowest BCUT2D eigenvalue weighted by Crippen LogP contribution is -2.49. The molecule has 7 heteroatoms. The van der Waals surface area contributed by atoms with Crippen molar-refractivity contribution in [2.75, 3.05) is 19.3 Å². The van der Waals surface area contributed by atoms with Crippen LogP contribution in [0.2, 0.25) is 0 Å². The second-order valence-corrected chi connectivity index (χ2v) is 14.2. The average Bonchev–Trinajstić information content (AvgIpc) is 3.07. The molecule has 4 bridgehead atoms. The van der Waals surface area contributed by atoms with Crippen LogP contribution in [0.4, 0.5) is 0 Å². The second-order valence-electron chi connectivity index (χ2n) is 12.4. The van der Waals surface area contributed by atoms with Crippen LogP contribution in [0.5, 0.6) is 0 Å². The van der Waals surface area contributed by atoms with Gasteiger partial charge in [-0.1, -0.05) is 24.3 Å². The summed E-state index contributed by atoms with van der Waals surface area (Å²) in [6, 6.07) is 8.33. The fraction of sp³-hybridized carbons (Fsp3) is 0.714. The number of amides is 2. The van der Waals surface area contributed by atoms with Gasteiger partial charge >= 0.3 is 0 Å². The average molecular weight is 499 g/mol. The summed E-state index contributed by atoms with van der Waals surface area (Å²) in [4.78, 5) is 27.9. The van der Waals surface area contributed by atoms with E-state index in [-0.39, 0.29) is 17.8 Å². The maximum atomic E-state index is 13.4. The maximum absolute atomic E-state index is 13.4. The molecule has 7 rings (SSSR count). The zero-order valence-corrected chi connectivity index (χ0v) is 21.6. The highest BCUT2D eigenvalue weighted by Crippen LogP contribution is 2.58. The van der Waals surface area contributed by atoms with Crippen molar-refractivity contribution < 1.29 is 18.0 Å². The monoisotopic (exact) mass is 498 g/mol. The van der Waals surface area contributed by atoms with Crippen molar-refractivity contribution in [1.29, 1.82) is 0 Å². The largest absolute Gasteiger partial charge is 0.343 e. The number of hydrogen-bond acceptors (Lipinski definition) is 4. The number of hydrogen-bond donors (Lipinski definition) is 1. The van der Waals surface area contributed by atoms with Gasteiger partial charge in [-0.2, -0.15) is 0 Å². The highest BCUT2D eigenvalue weighted by atomic mass is 32.2. The van der Waals surface area contributed by atoms with E-state index in [2.05, 4.69) is 27.8 Å². The number of nitrogens with one attached hydrogen (secondary N) is 1. The minimum absolute atomic E-state index is 0.0169. The molecular formula is C28H38N2O4S. The number of piperidine rings is 1. The van der Waals surface area contributed by atoms with Crippen LogP contribution in [0.3, 0.4) is 0 Å². The number of sulfonamides is 1. The van der Waals surface area contributed by atoms with E-state index >= 15 is 0 Å². The fourth-order valence-corrected chi connectivity index (χ4v) is 9.54. The molecule has 1 saturated heterocycles. The van der Waals surface area contributed by atoms with Gasteiger partial charge < -0.3 is 4.90 Å². The number of likely N-dealkylation sites (tertiary alicyclic amines) is 1. The van der Waals surface area contributed by atoms with E-state index < -0.39 is 15.9 Å². The van der Waals surface area contributed by atoms with Gasteiger partial charge in [0.15, 0.2) is 0 Å². The summed E-state index contributed by atoms with van der Waals surface area (Å²) in [5.41, 5.74) is 2.45. The smallest absolute Gasteiger partial charge is 0.234 e. The molecule has 1 spiro atoms. The molecule has 5 fully saturated rings. The van der Waals surface area contributed by atoms with E-state index in [1.807, 2.05) is 6.07 Å². The first-order valence-electron chi connectivity index (χ1n) is 13.6. The van der Waals surface area contributed by atoms with Crippen LogP contribution in [0, 0.1) is 29.6 Å². The van der Waals surface area contributed by atoms with Crippen LogP contribution in [-0.4, -0.2) is 44.5 Å². The van der Waals surface area contributed by atoms with Crippen LogP contribution in [0.25, 0.3) is 0 Å². The lowest BCUT2D eigenvalue weighted by molar-refractivity contribution is -0.138. The molecule has 0 aromatic heterocycles. The van der Waals surface area contributed by atoms with E-state index in [1.165, 1.54) is 43.2 Å². The van der Waals surface area contributed by atoms with Gasteiger partial charge in [-0.05, 0) is 103 Å². The van der Waals surface area contributed by atoms with Crippen LogP contribution >= 0.6 is 0 Å². The van der Waals surface area contributed by atoms with Gasteiger partial charge in [0.25, 0.3) is 0 Å². The van der Waals surface area contributed by atoms with Crippen molar-refractivity contribution >= 4 is 21.8 Å². The molecule has 190 valence electrons. The number of benzene rings is 1. The molecular weight excluding hydrogens is 460 g/mol. The first kappa shape index (κ1) is 23.5. The van der Waals surface area contributed by atoms with Gasteiger partial charge in [0.1, 0.15) is 0 Å². The SMILES string of the molecule is CS(=O)(=O)NC(=O)CC1CC2(CCN(C(=O)CC3C4CC5CC(C4)CC3C5)CC2)c2ccccc21. The third-order valence-corrected chi connectivity index (χ3v) is 10.8. The number of rotatable bonds is 5. The Labute approximate surface area is 209 Å². The summed E-state index contributed by atoms with van der Waals surface area (Å²) in [6.07, 6.45) is 11.5. The molecule has 4 saturated carbocycles. The molecule has 2 amide bonds. The minimum atomic E-state index is -3.56. The van der Waals surface area contributed by atoms with Gasteiger partial charge in [-0.25, -0.2) is 8.42 Å². The quantitative estimate of drug-likeness (QED) is 0.666. The molecule has 1 aromatic rings. The molecule has 35 heavy (non-hydrogen) atoms. The van der Waals surface area contributed by atoms with Gasteiger partial charge in [0.05, 0.1) is 6.26 Å². The van der Waals surface area contributed by atoms with Gasteiger partial charge in [-0.15, -0.1) is 0 Å². The highest BCUT2D eigenvalue weighted by molar-refractivity contribution is 7.89. The molecule has 6 nitrogen and oxygen atoms in total. The van der Waals surface area contributed by atoms with E-state index in [4.69, 9.17) is 0 Å². The van der Waals surface area contributed by atoms with Crippen LogP contribution < -0.4 is 4.72 Å². The number of carbonyl (C=O) groups is 2. The second kappa shape index (κ2) is 8.60. The fourth-order valence-electron chi connectivity index (χ4n) is 9.04. The molecule has 1 heterocycles. The molecule has 1 N–H and O–H groups in total. The Balaban J connectivity index is 1.10. The maximum Gasteiger partial charge on any atom is 0.234 e. The third-order valence-electron chi connectivity index (χ3n) is 10.2. The third kappa shape index (κ3) is 4.42. The summed E-state index contributed by atoms with van der Waals surface area (Å²) < 4.78 is 25.2. The van der Waals surface area contributed by atoms with E-state index in [0.717, 1.165) is 68.7 Å². The van der Waals surface area contributed by atoms with Gasteiger partial charge in [0.2, 0.25) is 21.8 Å². The number of carbonyl (C=O) groups excluding carboxylic acids is 2. The Hall–Kier alpha value is -1.89. The van der Waals surface area contributed by atoms with Crippen molar-refractivity contribution in [2.24, 2.45) is 29.6 Å². The van der Waals surface area contributed by atoms with Crippen molar-refractivity contribution in [3.63, 3.8) is 0 Å². The normalized spacial score (nSPS) is 34.7.